The van der Waals surface area contributed by atoms with Gasteiger partial charge in [-0.05, 0) is 13.8 Å². The van der Waals surface area contributed by atoms with Crippen LogP contribution in [-0.2, 0) is 14.3 Å². The van der Waals surface area contributed by atoms with E-state index in [0.717, 1.165) is 0 Å². The number of ether oxygens (including phenoxy) is 2. The first-order chi connectivity index (χ1) is 5.41. The number of carboxylic acid groups (broad SMARTS) is 1. The minimum atomic E-state index is -1.14. The number of rotatable bonds is 2. The van der Waals surface area contributed by atoms with Gasteiger partial charge in [-0.25, -0.2) is 0 Å². The molecule has 1 fully saturated rings. The molecule has 1 aliphatic rings. The van der Waals surface area contributed by atoms with E-state index in [0.29, 0.717) is 0 Å². The van der Waals surface area contributed by atoms with Gasteiger partial charge in [0.1, 0.15) is 6.10 Å². The second kappa shape index (κ2) is 3.01. The number of aliphatic hydroxyl groups excluding tert-OH is 1. The van der Waals surface area contributed by atoms with E-state index in [-0.39, 0.29) is 6.42 Å². The van der Waals surface area contributed by atoms with Crippen molar-refractivity contribution in [2.24, 2.45) is 0 Å². The fraction of sp³-hybridized carbons (Fsp3) is 0.857. The van der Waals surface area contributed by atoms with Crippen LogP contribution in [0.4, 0.5) is 0 Å². The van der Waals surface area contributed by atoms with Gasteiger partial charge in [0.05, 0.1) is 6.42 Å². The van der Waals surface area contributed by atoms with E-state index in [9.17, 15) is 4.79 Å². The third-order valence-corrected chi connectivity index (χ3v) is 1.53. The van der Waals surface area contributed by atoms with Crippen LogP contribution in [0.2, 0.25) is 0 Å². The number of carboxylic acids is 1. The molecule has 0 bridgehead atoms. The lowest BCUT2D eigenvalue weighted by Crippen LogP contribution is -2.24. The zero-order valence-electron chi connectivity index (χ0n) is 6.98. The summed E-state index contributed by atoms with van der Waals surface area (Å²) in [5.74, 6) is -1.90. The normalized spacial score (nSPS) is 33.6. The van der Waals surface area contributed by atoms with Crippen molar-refractivity contribution >= 4 is 5.97 Å². The standard InChI is InChI=1S/C7H12O5/c1-7(2)11-4(3-5(8)9)6(10)12-7/h4,6,10H,3H2,1-2H3,(H,8,9)/t4-,6?/m1/s1. The van der Waals surface area contributed by atoms with E-state index in [2.05, 4.69) is 0 Å². The number of carbonyl (C=O) groups is 1. The average molecular weight is 176 g/mol. The Labute approximate surface area is 69.9 Å². The molecule has 0 aromatic carbocycles. The van der Waals surface area contributed by atoms with Crippen LogP contribution < -0.4 is 0 Å². The summed E-state index contributed by atoms with van der Waals surface area (Å²) < 4.78 is 10.1. The van der Waals surface area contributed by atoms with Crippen LogP contribution in [-0.4, -0.2) is 34.4 Å². The van der Waals surface area contributed by atoms with Crippen LogP contribution in [0.3, 0.4) is 0 Å². The number of aliphatic hydroxyl groups is 1. The van der Waals surface area contributed by atoms with Gasteiger partial charge < -0.3 is 19.7 Å². The third kappa shape index (κ3) is 2.17. The summed E-state index contributed by atoms with van der Waals surface area (Å²) in [6.45, 7) is 3.25. The van der Waals surface area contributed by atoms with Crippen molar-refractivity contribution in [3.8, 4) is 0 Å². The topological polar surface area (TPSA) is 76.0 Å². The fourth-order valence-electron chi connectivity index (χ4n) is 1.13. The Morgan fingerprint density at radius 3 is 2.42 bits per heavy atom. The van der Waals surface area contributed by atoms with Crippen LogP contribution in [0.1, 0.15) is 20.3 Å². The van der Waals surface area contributed by atoms with Gasteiger partial charge in [0, 0.05) is 0 Å². The molecule has 1 saturated heterocycles. The second-order valence-electron chi connectivity index (χ2n) is 3.16. The summed E-state index contributed by atoms with van der Waals surface area (Å²) in [5.41, 5.74) is 0. The number of hydrogen-bond acceptors (Lipinski definition) is 4. The van der Waals surface area contributed by atoms with Crippen molar-refractivity contribution in [3.05, 3.63) is 0 Å². The van der Waals surface area contributed by atoms with E-state index in [1.807, 2.05) is 0 Å². The van der Waals surface area contributed by atoms with Crippen LogP contribution in [0.15, 0.2) is 0 Å². The molecular weight excluding hydrogens is 164 g/mol. The van der Waals surface area contributed by atoms with E-state index in [4.69, 9.17) is 19.7 Å². The van der Waals surface area contributed by atoms with Crippen molar-refractivity contribution in [2.45, 2.75) is 38.4 Å². The summed E-state index contributed by atoms with van der Waals surface area (Å²) in [4.78, 5) is 10.3. The van der Waals surface area contributed by atoms with E-state index in [1.165, 1.54) is 0 Å². The molecular formula is C7H12O5. The first-order valence-electron chi connectivity index (χ1n) is 3.66. The highest BCUT2D eigenvalue weighted by molar-refractivity contribution is 5.67. The van der Waals surface area contributed by atoms with E-state index < -0.39 is 24.2 Å². The van der Waals surface area contributed by atoms with Crippen LogP contribution in [0.5, 0.6) is 0 Å². The average Bonchev–Trinajstić information content (AvgIpc) is 2.03. The molecule has 1 aliphatic heterocycles. The molecule has 70 valence electrons. The molecule has 0 saturated carbocycles. The first-order valence-corrected chi connectivity index (χ1v) is 3.66. The van der Waals surface area contributed by atoms with Gasteiger partial charge in [-0.2, -0.15) is 0 Å². The van der Waals surface area contributed by atoms with Crippen molar-refractivity contribution < 1.29 is 24.5 Å². The minimum absolute atomic E-state index is 0.245. The molecule has 0 aliphatic carbocycles. The molecule has 0 amide bonds. The molecule has 2 N–H and O–H groups in total. The van der Waals surface area contributed by atoms with Crippen molar-refractivity contribution in [1.82, 2.24) is 0 Å². The first kappa shape index (κ1) is 9.44. The highest BCUT2D eigenvalue weighted by atomic mass is 16.8. The Kier molecular flexibility index (Phi) is 2.36. The summed E-state index contributed by atoms with van der Waals surface area (Å²) in [6, 6.07) is 0. The van der Waals surface area contributed by atoms with Gasteiger partial charge in [-0.15, -0.1) is 0 Å². The van der Waals surface area contributed by atoms with Crippen LogP contribution in [0, 0.1) is 0 Å². The van der Waals surface area contributed by atoms with Gasteiger partial charge in [0.25, 0.3) is 0 Å². The summed E-state index contributed by atoms with van der Waals surface area (Å²) >= 11 is 0. The molecule has 0 aromatic rings. The summed E-state index contributed by atoms with van der Waals surface area (Å²) in [6.07, 6.45) is -2.15. The van der Waals surface area contributed by atoms with Gasteiger partial charge >= 0.3 is 5.97 Å². The van der Waals surface area contributed by atoms with Crippen molar-refractivity contribution in [2.75, 3.05) is 0 Å². The lowest BCUT2D eigenvalue weighted by molar-refractivity contribution is -0.174. The summed E-state index contributed by atoms with van der Waals surface area (Å²) in [5, 5.41) is 17.6. The van der Waals surface area contributed by atoms with Crippen molar-refractivity contribution in [3.63, 3.8) is 0 Å². The van der Waals surface area contributed by atoms with Crippen molar-refractivity contribution in [1.29, 1.82) is 0 Å². The molecule has 0 aromatic heterocycles. The Morgan fingerprint density at radius 2 is 2.08 bits per heavy atom. The minimum Gasteiger partial charge on any atom is -0.481 e. The molecule has 2 atom stereocenters. The van der Waals surface area contributed by atoms with Gasteiger partial charge in [-0.1, -0.05) is 0 Å². The molecule has 1 rings (SSSR count). The Hall–Kier alpha value is -0.650. The lowest BCUT2D eigenvalue weighted by atomic mass is 10.2. The highest BCUT2D eigenvalue weighted by Gasteiger charge is 2.41. The number of hydrogen-bond donors (Lipinski definition) is 2. The van der Waals surface area contributed by atoms with Crippen LogP contribution >= 0.6 is 0 Å². The Bertz CT molecular complexity index is 188. The molecule has 0 radical (unpaired) electrons. The lowest BCUT2D eigenvalue weighted by Gasteiger charge is -2.15. The molecule has 5 nitrogen and oxygen atoms in total. The van der Waals surface area contributed by atoms with Gasteiger partial charge in [-0.3, -0.25) is 4.79 Å². The van der Waals surface area contributed by atoms with Gasteiger partial charge in [0.2, 0.25) is 0 Å². The van der Waals surface area contributed by atoms with Crippen LogP contribution in [0.25, 0.3) is 0 Å². The number of aliphatic carboxylic acids is 1. The maximum absolute atomic E-state index is 10.3. The Balaban J connectivity index is 2.52. The third-order valence-electron chi connectivity index (χ3n) is 1.53. The zero-order chi connectivity index (χ0) is 9.35. The highest BCUT2D eigenvalue weighted by Crippen LogP contribution is 2.28. The monoisotopic (exact) mass is 176 g/mol. The quantitative estimate of drug-likeness (QED) is 0.616. The maximum Gasteiger partial charge on any atom is 0.306 e. The maximum atomic E-state index is 10.3. The molecule has 0 spiro atoms. The smallest absolute Gasteiger partial charge is 0.306 e. The molecule has 12 heavy (non-hydrogen) atoms. The summed E-state index contributed by atoms with van der Waals surface area (Å²) in [7, 11) is 0. The fourth-order valence-corrected chi connectivity index (χ4v) is 1.13. The predicted molar refractivity (Wildman–Crippen MR) is 38.3 cm³/mol. The SMILES string of the molecule is CC1(C)OC(O)[C@@H](CC(=O)O)O1. The van der Waals surface area contributed by atoms with E-state index in [1.54, 1.807) is 13.8 Å². The molecule has 5 heteroatoms. The van der Waals surface area contributed by atoms with E-state index >= 15 is 0 Å². The largest absolute Gasteiger partial charge is 0.481 e. The molecule has 1 heterocycles. The van der Waals surface area contributed by atoms with Gasteiger partial charge in [0.15, 0.2) is 12.1 Å². The second-order valence-corrected chi connectivity index (χ2v) is 3.16. The Morgan fingerprint density at radius 1 is 1.50 bits per heavy atom. The molecule has 1 unspecified atom stereocenters. The zero-order valence-corrected chi connectivity index (χ0v) is 6.98. The predicted octanol–water partition coefficient (Wildman–Crippen LogP) is -0.0690.